The molecule has 5 nitrogen and oxygen atoms in total. The summed E-state index contributed by atoms with van der Waals surface area (Å²) in [6, 6.07) is 10.5. The Hall–Kier alpha value is -2.69. The fourth-order valence-corrected chi connectivity index (χ4v) is 2.88. The third kappa shape index (κ3) is 2.95. The summed E-state index contributed by atoms with van der Waals surface area (Å²) in [7, 11) is 0. The minimum Gasteiger partial charge on any atom is -0.504 e. The molecule has 1 aliphatic heterocycles. The van der Waals surface area contributed by atoms with Crippen LogP contribution in [-0.2, 0) is 4.79 Å². The van der Waals surface area contributed by atoms with Gasteiger partial charge in [0.15, 0.2) is 11.5 Å². The first-order valence-corrected chi connectivity index (χ1v) is 7.67. The summed E-state index contributed by atoms with van der Waals surface area (Å²) in [4.78, 5) is 12.0. The van der Waals surface area contributed by atoms with E-state index in [4.69, 9.17) is 4.74 Å². The van der Waals surface area contributed by atoms with E-state index in [1.807, 2.05) is 31.2 Å². The molecule has 0 aliphatic carbocycles. The average Bonchev–Trinajstić information content (AvgIpc) is 2.54. The zero-order valence-corrected chi connectivity index (χ0v) is 12.9. The van der Waals surface area contributed by atoms with E-state index >= 15 is 0 Å². The van der Waals surface area contributed by atoms with Crippen LogP contribution in [-0.4, -0.2) is 22.7 Å². The lowest BCUT2D eigenvalue weighted by Crippen LogP contribution is -2.23. The van der Waals surface area contributed by atoms with E-state index < -0.39 is 0 Å². The van der Waals surface area contributed by atoms with E-state index in [0.717, 1.165) is 23.3 Å². The third-order valence-corrected chi connectivity index (χ3v) is 3.94. The van der Waals surface area contributed by atoms with Crippen molar-refractivity contribution in [2.45, 2.75) is 25.7 Å². The molecule has 0 saturated carbocycles. The molecule has 0 saturated heterocycles. The van der Waals surface area contributed by atoms with Crippen LogP contribution in [0, 0.1) is 0 Å². The summed E-state index contributed by atoms with van der Waals surface area (Å²) >= 11 is 0. The fourth-order valence-electron chi connectivity index (χ4n) is 2.88. The number of fused-ring (bicyclic) bond motifs is 1. The monoisotopic (exact) mass is 313 g/mol. The first-order valence-electron chi connectivity index (χ1n) is 7.67. The molecular weight excluding hydrogens is 294 g/mol. The molecule has 1 unspecified atom stereocenters. The van der Waals surface area contributed by atoms with Crippen molar-refractivity contribution in [3.63, 3.8) is 0 Å². The number of amides is 1. The Kier molecular flexibility index (Phi) is 4.10. The lowest BCUT2D eigenvalue weighted by atomic mass is 9.84. The Bertz CT molecular complexity index is 742. The Balaban J connectivity index is 2.08. The molecule has 23 heavy (non-hydrogen) atoms. The highest BCUT2D eigenvalue weighted by Crippen LogP contribution is 2.44. The maximum absolute atomic E-state index is 12.0. The summed E-state index contributed by atoms with van der Waals surface area (Å²) in [5.74, 6) is -0.0548. The molecule has 0 spiro atoms. The molecule has 2 aromatic carbocycles. The molecule has 5 heteroatoms. The summed E-state index contributed by atoms with van der Waals surface area (Å²) in [5, 5.41) is 22.2. The summed E-state index contributed by atoms with van der Waals surface area (Å²) in [6.45, 7) is 2.64. The first-order chi connectivity index (χ1) is 11.1. The van der Waals surface area contributed by atoms with Crippen LogP contribution >= 0.6 is 0 Å². The number of rotatable bonds is 4. The number of benzene rings is 2. The Morgan fingerprint density at radius 2 is 1.91 bits per heavy atom. The number of phenols is 2. The minimum atomic E-state index is -0.250. The van der Waals surface area contributed by atoms with Gasteiger partial charge in [-0.25, -0.2) is 0 Å². The lowest BCUT2D eigenvalue weighted by molar-refractivity contribution is -0.116. The molecule has 1 aliphatic rings. The molecule has 0 fully saturated rings. The standard InChI is InChI=1S/C18H19NO4/c1-2-7-23-17-6-4-3-5-11(17)12-9-18(22)19-14-10-16(21)15(20)8-13(12)14/h3-6,8,10,12,20-21H,2,7,9H2,1H3,(H,19,22). The maximum Gasteiger partial charge on any atom is 0.225 e. The van der Waals surface area contributed by atoms with Gasteiger partial charge in [0.2, 0.25) is 5.91 Å². The number of carbonyl (C=O) groups is 1. The van der Waals surface area contributed by atoms with Gasteiger partial charge in [-0.05, 0) is 24.1 Å². The van der Waals surface area contributed by atoms with Crippen LogP contribution in [0.1, 0.15) is 36.8 Å². The van der Waals surface area contributed by atoms with Gasteiger partial charge in [-0.1, -0.05) is 25.1 Å². The smallest absolute Gasteiger partial charge is 0.225 e. The lowest BCUT2D eigenvalue weighted by Gasteiger charge is -2.27. The largest absolute Gasteiger partial charge is 0.504 e. The van der Waals surface area contributed by atoms with Crippen molar-refractivity contribution in [2.24, 2.45) is 0 Å². The van der Waals surface area contributed by atoms with Crippen molar-refractivity contribution < 1.29 is 19.7 Å². The van der Waals surface area contributed by atoms with Crippen LogP contribution < -0.4 is 10.1 Å². The van der Waals surface area contributed by atoms with Gasteiger partial charge in [0.1, 0.15) is 5.75 Å². The van der Waals surface area contributed by atoms with Crippen molar-refractivity contribution in [1.82, 2.24) is 0 Å². The molecule has 0 aromatic heterocycles. The molecule has 1 heterocycles. The Morgan fingerprint density at radius 3 is 2.70 bits per heavy atom. The first kappa shape index (κ1) is 15.2. The highest BCUT2D eigenvalue weighted by atomic mass is 16.5. The molecule has 3 rings (SSSR count). The molecule has 2 aromatic rings. The van der Waals surface area contributed by atoms with Gasteiger partial charge >= 0.3 is 0 Å². The molecule has 0 radical (unpaired) electrons. The van der Waals surface area contributed by atoms with E-state index in [9.17, 15) is 15.0 Å². The van der Waals surface area contributed by atoms with E-state index in [0.29, 0.717) is 12.3 Å². The molecule has 0 bridgehead atoms. The van der Waals surface area contributed by atoms with Crippen LogP contribution in [0.2, 0.25) is 0 Å². The second-order valence-electron chi connectivity index (χ2n) is 5.62. The highest BCUT2D eigenvalue weighted by molar-refractivity contribution is 5.96. The number of aromatic hydroxyl groups is 2. The van der Waals surface area contributed by atoms with Crippen molar-refractivity contribution in [2.75, 3.05) is 11.9 Å². The van der Waals surface area contributed by atoms with Gasteiger partial charge in [0, 0.05) is 29.7 Å². The Morgan fingerprint density at radius 1 is 1.17 bits per heavy atom. The van der Waals surface area contributed by atoms with E-state index in [1.54, 1.807) is 0 Å². The summed E-state index contributed by atoms with van der Waals surface area (Å²) in [6.07, 6.45) is 1.16. The number of hydrogen-bond donors (Lipinski definition) is 3. The molecule has 1 amide bonds. The van der Waals surface area contributed by atoms with Gasteiger partial charge < -0.3 is 20.3 Å². The van der Waals surface area contributed by atoms with Gasteiger partial charge in [0.05, 0.1) is 6.61 Å². The number of anilines is 1. The number of phenolic OH excluding ortho intramolecular Hbond substituents is 2. The predicted octanol–water partition coefficient (Wildman–Crippen LogP) is 3.36. The van der Waals surface area contributed by atoms with Crippen molar-refractivity contribution >= 4 is 11.6 Å². The quantitative estimate of drug-likeness (QED) is 0.597. The SMILES string of the molecule is CCCOc1ccccc1C1CC(=O)Nc2cc(O)c(O)cc21. The van der Waals surface area contributed by atoms with Gasteiger partial charge in [0.25, 0.3) is 0 Å². The topological polar surface area (TPSA) is 78.8 Å². The van der Waals surface area contributed by atoms with Crippen LogP contribution in [0.15, 0.2) is 36.4 Å². The average molecular weight is 313 g/mol. The van der Waals surface area contributed by atoms with Crippen LogP contribution in [0.25, 0.3) is 0 Å². The number of hydrogen-bond acceptors (Lipinski definition) is 4. The third-order valence-electron chi connectivity index (χ3n) is 3.94. The number of carbonyl (C=O) groups excluding carboxylic acids is 1. The van der Waals surface area contributed by atoms with Gasteiger partial charge in [-0.3, -0.25) is 4.79 Å². The maximum atomic E-state index is 12.0. The molecular formula is C18H19NO4. The van der Waals surface area contributed by atoms with E-state index in [2.05, 4.69) is 5.32 Å². The second-order valence-corrected chi connectivity index (χ2v) is 5.62. The number of nitrogens with one attached hydrogen (secondary N) is 1. The van der Waals surface area contributed by atoms with Gasteiger partial charge in [-0.15, -0.1) is 0 Å². The van der Waals surface area contributed by atoms with E-state index in [1.165, 1.54) is 12.1 Å². The normalized spacial score (nSPS) is 16.6. The van der Waals surface area contributed by atoms with Gasteiger partial charge in [-0.2, -0.15) is 0 Å². The summed E-state index contributed by atoms with van der Waals surface area (Å²) in [5.41, 5.74) is 2.20. The zero-order valence-electron chi connectivity index (χ0n) is 12.9. The number of para-hydroxylation sites is 1. The minimum absolute atomic E-state index is 0.127. The zero-order chi connectivity index (χ0) is 16.4. The van der Waals surface area contributed by atoms with Crippen molar-refractivity contribution in [3.05, 3.63) is 47.5 Å². The molecule has 3 N–H and O–H groups in total. The van der Waals surface area contributed by atoms with Crippen molar-refractivity contribution in [1.29, 1.82) is 0 Å². The summed E-state index contributed by atoms with van der Waals surface area (Å²) < 4.78 is 5.80. The van der Waals surface area contributed by atoms with E-state index in [-0.39, 0.29) is 29.7 Å². The van der Waals surface area contributed by atoms with Crippen LogP contribution in [0.4, 0.5) is 5.69 Å². The highest BCUT2D eigenvalue weighted by Gasteiger charge is 2.29. The Labute approximate surface area is 134 Å². The molecule has 120 valence electrons. The number of ether oxygens (including phenoxy) is 1. The van der Waals surface area contributed by atoms with Crippen LogP contribution in [0.5, 0.6) is 17.2 Å². The second kappa shape index (κ2) is 6.20. The fraction of sp³-hybridized carbons (Fsp3) is 0.278. The molecule has 1 atom stereocenters. The van der Waals surface area contributed by atoms with Crippen LogP contribution in [0.3, 0.4) is 0 Å². The van der Waals surface area contributed by atoms with Crippen molar-refractivity contribution in [3.8, 4) is 17.2 Å². The predicted molar refractivity (Wildman–Crippen MR) is 87.1 cm³/mol.